The highest BCUT2D eigenvalue weighted by atomic mass is 16.5. The lowest BCUT2D eigenvalue weighted by molar-refractivity contribution is 0.0510. The molecule has 1 aromatic carbocycles. The highest BCUT2D eigenvalue weighted by Gasteiger charge is 2.21. The van der Waals surface area contributed by atoms with Gasteiger partial charge in [-0.25, -0.2) is 0 Å². The van der Waals surface area contributed by atoms with Crippen LogP contribution in [0.15, 0.2) is 18.2 Å². The minimum absolute atomic E-state index is 0.423. The lowest BCUT2D eigenvalue weighted by atomic mass is 10.0. The number of hydrogen-bond acceptors (Lipinski definition) is 4. The van der Waals surface area contributed by atoms with Crippen LogP contribution in [0.3, 0.4) is 0 Å². The van der Waals surface area contributed by atoms with Gasteiger partial charge in [0, 0.05) is 5.56 Å². The van der Waals surface area contributed by atoms with Crippen molar-refractivity contribution in [3.8, 4) is 11.8 Å². The van der Waals surface area contributed by atoms with Crippen LogP contribution in [0.2, 0.25) is 0 Å². The standard InChI is InChI=1S/C11H13NO3/c1-7-3-4-10(15-2)8(5-7)11(14)9(13)6-12/h3-5,9,11,13-14H,1-2H3. The first kappa shape index (κ1) is 11.5. The third-order valence-corrected chi connectivity index (χ3v) is 2.14. The summed E-state index contributed by atoms with van der Waals surface area (Å²) in [5.74, 6) is 0.461. The van der Waals surface area contributed by atoms with Crippen LogP contribution in [0.25, 0.3) is 0 Å². The van der Waals surface area contributed by atoms with Crippen molar-refractivity contribution in [1.82, 2.24) is 0 Å². The van der Waals surface area contributed by atoms with Crippen molar-refractivity contribution >= 4 is 0 Å². The number of nitrogens with zero attached hydrogens (tertiary/aromatic N) is 1. The Labute approximate surface area is 88.4 Å². The largest absolute Gasteiger partial charge is 0.496 e. The van der Waals surface area contributed by atoms with E-state index in [1.54, 1.807) is 18.2 Å². The van der Waals surface area contributed by atoms with Gasteiger partial charge >= 0.3 is 0 Å². The Bertz CT molecular complexity index is 384. The molecule has 1 rings (SSSR count). The molecular formula is C11H13NO3. The fourth-order valence-electron chi connectivity index (χ4n) is 1.33. The average molecular weight is 207 g/mol. The van der Waals surface area contributed by atoms with Gasteiger partial charge in [-0.3, -0.25) is 0 Å². The molecule has 2 unspecified atom stereocenters. The van der Waals surface area contributed by atoms with E-state index < -0.39 is 12.2 Å². The number of aliphatic hydroxyl groups excluding tert-OH is 2. The lowest BCUT2D eigenvalue weighted by Gasteiger charge is -2.16. The van der Waals surface area contributed by atoms with Gasteiger partial charge in [0.05, 0.1) is 13.2 Å². The van der Waals surface area contributed by atoms with Gasteiger partial charge in [-0.2, -0.15) is 5.26 Å². The first-order chi connectivity index (χ1) is 7.10. The molecule has 0 fully saturated rings. The SMILES string of the molecule is COc1ccc(C)cc1C(O)C(O)C#N. The molecule has 0 saturated carbocycles. The number of aliphatic hydroxyl groups is 2. The summed E-state index contributed by atoms with van der Waals surface area (Å²) >= 11 is 0. The van der Waals surface area contributed by atoms with Crippen LogP contribution in [0, 0.1) is 18.3 Å². The predicted molar refractivity (Wildman–Crippen MR) is 54.3 cm³/mol. The van der Waals surface area contributed by atoms with Crippen LogP contribution in [0.5, 0.6) is 5.75 Å². The van der Waals surface area contributed by atoms with E-state index >= 15 is 0 Å². The first-order valence-corrected chi connectivity index (χ1v) is 4.50. The number of hydrogen-bond donors (Lipinski definition) is 2. The molecule has 0 aliphatic rings. The van der Waals surface area contributed by atoms with Crippen LogP contribution in [0.1, 0.15) is 17.2 Å². The van der Waals surface area contributed by atoms with Crippen LogP contribution < -0.4 is 4.74 Å². The van der Waals surface area contributed by atoms with Gasteiger partial charge in [0.15, 0.2) is 6.10 Å². The number of nitriles is 1. The minimum Gasteiger partial charge on any atom is -0.496 e. The Hall–Kier alpha value is -1.57. The van der Waals surface area contributed by atoms with Crippen LogP contribution in [0.4, 0.5) is 0 Å². The molecule has 2 atom stereocenters. The molecule has 0 heterocycles. The third kappa shape index (κ3) is 2.46. The zero-order valence-corrected chi connectivity index (χ0v) is 8.64. The van der Waals surface area contributed by atoms with E-state index in [0.29, 0.717) is 11.3 Å². The first-order valence-electron chi connectivity index (χ1n) is 4.50. The summed E-state index contributed by atoms with van der Waals surface area (Å²) in [6.45, 7) is 1.86. The fraction of sp³-hybridized carbons (Fsp3) is 0.364. The molecule has 0 saturated heterocycles. The normalized spacial score (nSPS) is 14.1. The second kappa shape index (κ2) is 4.78. The number of ether oxygens (including phenoxy) is 1. The van der Waals surface area contributed by atoms with Crippen LogP contribution in [-0.4, -0.2) is 23.4 Å². The quantitative estimate of drug-likeness (QED) is 0.723. The second-order valence-electron chi connectivity index (χ2n) is 3.26. The molecule has 0 aliphatic heterocycles. The summed E-state index contributed by atoms with van der Waals surface area (Å²) in [5, 5.41) is 27.4. The van der Waals surface area contributed by atoms with Crippen molar-refractivity contribution < 1.29 is 14.9 Å². The molecule has 0 radical (unpaired) electrons. The third-order valence-electron chi connectivity index (χ3n) is 2.14. The molecule has 1 aromatic rings. The minimum atomic E-state index is -1.44. The van der Waals surface area contributed by atoms with Crippen molar-refractivity contribution in [1.29, 1.82) is 5.26 Å². The Morgan fingerprint density at radius 1 is 1.40 bits per heavy atom. The molecular weight excluding hydrogens is 194 g/mol. The van der Waals surface area contributed by atoms with Gasteiger partial charge in [0.2, 0.25) is 0 Å². The fourth-order valence-corrected chi connectivity index (χ4v) is 1.33. The van der Waals surface area contributed by atoms with E-state index in [4.69, 9.17) is 10.00 Å². The molecule has 0 amide bonds. The molecule has 0 aromatic heterocycles. The second-order valence-corrected chi connectivity index (χ2v) is 3.26. The van der Waals surface area contributed by atoms with Crippen molar-refractivity contribution in [3.05, 3.63) is 29.3 Å². The van der Waals surface area contributed by atoms with Crippen LogP contribution >= 0.6 is 0 Å². The molecule has 0 aliphatic carbocycles. The summed E-state index contributed by atoms with van der Waals surface area (Å²) in [6, 6.07) is 6.79. The smallest absolute Gasteiger partial charge is 0.170 e. The van der Waals surface area contributed by atoms with E-state index in [2.05, 4.69) is 0 Å². The van der Waals surface area contributed by atoms with Gasteiger partial charge < -0.3 is 14.9 Å². The van der Waals surface area contributed by atoms with E-state index in [1.165, 1.54) is 7.11 Å². The number of aryl methyl sites for hydroxylation is 1. The summed E-state index contributed by atoms with van der Waals surface area (Å²) in [5.41, 5.74) is 1.35. The van der Waals surface area contributed by atoms with E-state index in [9.17, 15) is 10.2 Å². The van der Waals surface area contributed by atoms with Gasteiger partial charge in [-0.15, -0.1) is 0 Å². The van der Waals surface area contributed by atoms with Crippen molar-refractivity contribution in [3.63, 3.8) is 0 Å². The van der Waals surface area contributed by atoms with E-state index in [1.807, 2.05) is 13.0 Å². The molecule has 4 nitrogen and oxygen atoms in total. The Kier molecular flexibility index (Phi) is 3.67. The zero-order chi connectivity index (χ0) is 11.4. The van der Waals surface area contributed by atoms with E-state index in [0.717, 1.165) is 5.56 Å². The number of benzene rings is 1. The maximum Gasteiger partial charge on any atom is 0.170 e. The number of rotatable bonds is 3. The Balaban J connectivity index is 3.12. The highest BCUT2D eigenvalue weighted by Crippen LogP contribution is 2.28. The van der Waals surface area contributed by atoms with Gasteiger partial charge in [-0.1, -0.05) is 11.6 Å². The van der Waals surface area contributed by atoms with Gasteiger partial charge in [-0.05, 0) is 19.1 Å². The highest BCUT2D eigenvalue weighted by molar-refractivity contribution is 5.39. The van der Waals surface area contributed by atoms with Crippen molar-refractivity contribution in [2.75, 3.05) is 7.11 Å². The average Bonchev–Trinajstić information content (AvgIpc) is 2.27. The lowest BCUT2D eigenvalue weighted by Crippen LogP contribution is -2.16. The van der Waals surface area contributed by atoms with Gasteiger partial charge in [0.1, 0.15) is 11.9 Å². The molecule has 80 valence electrons. The topological polar surface area (TPSA) is 73.5 Å². The van der Waals surface area contributed by atoms with Crippen molar-refractivity contribution in [2.45, 2.75) is 19.1 Å². The van der Waals surface area contributed by atoms with Crippen LogP contribution in [-0.2, 0) is 0 Å². The number of methoxy groups -OCH3 is 1. The summed E-state index contributed by atoms with van der Waals surface area (Å²) in [4.78, 5) is 0. The summed E-state index contributed by atoms with van der Waals surface area (Å²) < 4.78 is 5.04. The van der Waals surface area contributed by atoms with Gasteiger partial charge in [0.25, 0.3) is 0 Å². The maximum absolute atomic E-state index is 9.67. The molecule has 2 N–H and O–H groups in total. The maximum atomic E-state index is 9.67. The predicted octanol–water partition coefficient (Wildman–Crippen LogP) is 0.921. The summed E-state index contributed by atoms with van der Waals surface area (Å²) in [7, 11) is 1.47. The Morgan fingerprint density at radius 2 is 2.07 bits per heavy atom. The van der Waals surface area contributed by atoms with E-state index in [-0.39, 0.29) is 0 Å². The molecule has 0 bridgehead atoms. The molecule has 15 heavy (non-hydrogen) atoms. The molecule has 0 spiro atoms. The Morgan fingerprint density at radius 3 is 2.60 bits per heavy atom. The summed E-state index contributed by atoms with van der Waals surface area (Å²) in [6.07, 6.45) is -2.69. The molecule has 4 heteroatoms. The van der Waals surface area contributed by atoms with Crippen molar-refractivity contribution in [2.24, 2.45) is 0 Å². The monoisotopic (exact) mass is 207 g/mol. The zero-order valence-electron chi connectivity index (χ0n) is 8.64.